The van der Waals surface area contributed by atoms with Gasteiger partial charge in [0.2, 0.25) is 0 Å². The van der Waals surface area contributed by atoms with Gasteiger partial charge in [-0.2, -0.15) is 13.2 Å². The van der Waals surface area contributed by atoms with E-state index in [2.05, 4.69) is 5.32 Å². The quantitative estimate of drug-likeness (QED) is 0.553. The van der Waals surface area contributed by atoms with Crippen molar-refractivity contribution < 1.29 is 27.1 Å². The molecule has 5 nitrogen and oxygen atoms in total. The number of para-hydroxylation sites is 1. The van der Waals surface area contributed by atoms with Crippen molar-refractivity contribution >= 4 is 28.1 Å². The highest BCUT2D eigenvalue weighted by Gasteiger charge is 2.43. The number of hydrogen-bond acceptors (Lipinski definition) is 5. The lowest BCUT2D eigenvalue weighted by Crippen LogP contribution is -2.29. The number of carbonyl (C=O) groups excluding carboxylic acids is 1. The standard InChI is InChI=1S/C18H12F3NO4/c1-25-11-8-6-10(7-9-11)22-15-12-4-2-3-5-13(12)26-17(24)14(15)16(23)18(19,20)21/h2-9,22H,1H3. The first-order valence-electron chi connectivity index (χ1n) is 7.39. The molecule has 0 bridgehead atoms. The predicted octanol–water partition coefficient (Wildman–Crippen LogP) is 4.29. The largest absolute Gasteiger partial charge is 0.497 e. The number of anilines is 2. The van der Waals surface area contributed by atoms with E-state index in [1.807, 2.05) is 0 Å². The van der Waals surface area contributed by atoms with Crippen LogP contribution in [-0.4, -0.2) is 19.1 Å². The molecule has 1 N–H and O–H groups in total. The number of ketones is 1. The van der Waals surface area contributed by atoms with Crippen molar-refractivity contribution in [3.05, 3.63) is 64.5 Å². The Morgan fingerprint density at radius 3 is 2.35 bits per heavy atom. The lowest BCUT2D eigenvalue weighted by molar-refractivity contribution is -0.0886. The van der Waals surface area contributed by atoms with E-state index in [-0.39, 0.29) is 16.7 Å². The molecule has 2 aromatic carbocycles. The zero-order valence-corrected chi connectivity index (χ0v) is 13.4. The summed E-state index contributed by atoms with van der Waals surface area (Å²) < 4.78 is 48.8. The fraction of sp³-hybridized carbons (Fsp3) is 0.111. The summed E-state index contributed by atoms with van der Waals surface area (Å²) in [4.78, 5) is 23.9. The maximum atomic E-state index is 13.0. The Bertz CT molecular complexity index is 1020. The molecule has 0 aliphatic heterocycles. The van der Waals surface area contributed by atoms with Crippen LogP contribution < -0.4 is 15.7 Å². The van der Waals surface area contributed by atoms with Gasteiger partial charge in [0, 0.05) is 11.1 Å². The molecule has 1 aromatic heterocycles. The average molecular weight is 363 g/mol. The number of nitrogens with one attached hydrogen (secondary N) is 1. The summed E-state index contributed by atoms with van der Waals surface area (Å²) in [5, 5.41) is 2.90. The lowest BCUT2D eigenvalue weighted by Gasteiger charge is -2.14. The molecule has 26 heavy (non-hydrogen) atoms. The Morgan fingerprint density at radius 2 is 1.73 bits per heavy atom. The van der Waals surface area contributed by atoms with Crippen LogP contribution in [0.1, 0.15) is 10.4 Å². The Balaban J connectivity index is 2.22. The number of methoxy groups -OCH3 is 1. The molecule has 0 fully saturated rings. The highest BCUT2D eigenvalue weighted by molar-refractivity contribution is 6.10. The first kappa shape index (κ1) is 17.5. The number of Topliss-reactive ketones (excluding diaryl/α,β-unsaturated/α-hetero) is 1. The van der Waals surface area contributed by atoms with Crippen molar-refractivity contribution in [2.24, 2.45) is 0 Å². The van der Waals surface area contributed by atoms with Crippen LogP contribution >= 0.6 is 0 Å². The third kappa shape index (κ3) is 3.26. The molecule has 0 saturated heterocycles. The van der Waals surface area contributed by atoms with Gasteiger partial charge in [-0.3, -0.25) is 4.79 Å². The first-order chi connectivity index (χ1) is 12.3. The van der Waals surface area contributed by atoms with Crippen LogP contribution in [0, 0.1) is 0 Å². The smallest absolute Gasteiger partial charge is 0.455 e. The van der Waals surface area contributed by atoms with Gasteiger partial charge in [0.25, 0.3) is 5.78 Å². The minimum atomic E-state index is -5.21. The summed E-state index contributed by atoms with van der Waals surface area (Å²) in [6.45, 7) is 0. The Hall–Kier alpha value is -3.29. The number of alkyl halides is 3. The van der Waals surface area contributed by atoms with Gasteiger partial charge in [0.15, 0.2) is 0 Å². The molecule has 3 rings (SSSR count). The lowest BCUT2D eigenvalue weighted by atomic mass is 10.1. The van der Waals surface area contributed by atoms with E-state index in [0.717, 1.165) is 0 Å². The second kappa shape index (κ2) is 6.55. The second-order valence-electron chi connectivity index (χ2n) is 5.32. The molecule has 3 aromatic rings. The highest BCUT2D eigenvalue weighted by Crippen LogP contribution is 2.32. The number of hydrogen-bond donors (Lipinski definition) is 1. The number of fused-ring (bicyclic) bond motifs is 1. The van der Waals surface area contributed by atoms with E-state index < -0.39 is 23.1 Å². The zero-order valence-electron chi connectivity index (χ0n) is 13.4. The van der Waals surface area contributed by atoms with Crippen LogP contribution in [-0.2, 0) is 0 Å². The zero-order chi connectivity index (χ0) is 18.9. The molecule has 0 aliphatic rings. The molecule has 1 heterocycles. The maximum Gasteiger partial charge on any atom is 0.455 e. The molecule has 0 amide bonds. The van der Waals surface area contributed by atoms with E-state index in [0.29, 0.717) is 11.4 Å². The van der Waals surface area contributed by atoms with Gasteiger partial charge >= 0.3 is 11.8 Å². The van der Waals surface area contributed by atoms with E-state index in [4.69, 9.17) is 9.15 Å². The molecule has 0 unspecified atom stereocenters. The summed E-state index contributed by atoms with van der Waals surface area (Å²) in [5.74, 6) is -1.73. The minimum Gasteiger partial charge on any atom is -0.497 e. The van der Waals surface area contributed by atoms with Crippen molar-refractivity contribution in [1.29, 1.82) is 0 Å². The number of halogens is 3. The van der Waals surface area contributed by atoms with Crippen LogP contribution in [0.25, 0.3) is 11.0 Å². The predicted molar refractivity (Wildman–Crippen MR) is 89.1 cm³/mol. The Labute approximate surface area is 145 Å². The van der Waals surface area contributed by atoms with E-state index in [1.54, 1.807) is 36.4 Å². The van der Waals surface area contributed by atoms with Gasteiger partial charge in [0.1, 0.15) is 16.9 Å². The topological polar surface area (TPSA) is 68.5 Å². The highest BCUT2D eigenvalue weighted by atomic mass is 19.4. The fourth-order valence-corrected chi connectivity index (χ4v) is 2.45. The molecular weight excluding hydrogens is 351 g/mol. The molecule has 0 spiro atoms. The molecule has 8 heteroatoms. The van der Waals surface area contributed by atoms with Gasteiger partial charge in [0.05, 0.1) is 12.8 Å². The van der Waals surface area contributed by atoms with Crippen molar-refractivity contribution in [3.63, 3.8) is 0 Å². The molecule has 0 saturated carbocycles. The Morgan fingerprint density at radius 1 is 1.08 bits per heavy atom. The van der Waals surface area contributed by atoms with Gasteiger partial charge in [-0.15, -0.1) is 0 Å². The van der Waals surface area contributed by atoms with Gasteiger partial charge < -0.3 is 14.5 Å². The SMILES string of the molecule is COc1ccc(Nc2c(C(=O)C(F)(F)F)c(=O)oc3ccccc23)cc1. The average Bonchev–Trinajstić information content (AvgIpc) is 2.61. The van der Waals surface area contributed by atoms with Gasteiger partial charge in [-0.25, -0.2) is 4.79 Å². The van der Waals surface area contributed by atoms with Crippen molar-refractivity contribution in [2.75, 3.05) is 12.4 Å². The third-order valence-electron chi connectivity index (χ3n) is 3.66. The molecular formula is C18H12F3NO4. The van der Waals surface area contributed by atoms with Crippen molar-refractivity contribution in [1.82, 2.24) is 0 Å². The summed E-state index contributed by atoms with van der Waals surface area (Å²) in [6, 6.07) is 12.3. The van der Waals surface area contributed by atoms with Crippen LogP contribution in [0.5, 0.6) is 5.75 Å². The van der Waals surface area contributed by atoms with Crippen LogP contribution in [0.15, 0.2) is 57.7 Å². The van der Waals surface area contributed by atoms with E-state index >= 15 is 0 Å². The summed E-state index contributed by atoms with van der Waals surface area (Å²) in [7, 11) is 1.47. The number of carbonyl (C=O) groups is 1. The minimum absolute atomic E-state index is 0.0623. The molecule has 0 aliphatic carbocycles. The van der Waals surface area contributed by atoms with Crippen molar-refractivity contribution in [3.8, 4) is 5.75 Å². The van der Waals surface area contributed by atoms with Crippen molar-refractivity contribution in [2.45, 2.75) is 6.18 Å². The monoisotopic (exact) mass is 363 g/mol. The van der Waals surface area contributed by atoms with E-state index in [9.17, 15) is 22.8 Å². The number of benzene rings is 2. The second-order valence-corrected chi connectivity index (χ2v) is 5.32. The fourth-order valence-electron chi connectivity index (χ4n) is 2.45. The number of rotatable bonds is 4. The summed E-state index contributed by atoms with van der Waals surface area (Å²) in [6.07, 6.45) is -5.21. The summed E-state index contributed by atoms with van der Waals surface area (Å²) >= 11 is 0. The van der Waals surface area contributed by atoms with E-state index in [1.165, 1.54) is 19.2 Å². The van der Waals surface area contributed by atoms with Gasteiger partial charge in [-0.05, 0) is 36.4 Å². The van der Waals surface area contributed by atoms with Crippen LogP contribution in [0.2, 0.25) is 0 Å². The molecule has 0 atom stereocenters. The normalized spacial score (nSPS) is 11.4. The summed E-state index contributed by atoms with van der Waals surface area (Å²) in [5.41, 5.74) is -2.27. The third-order valence-corrected chi connectivity index (χ3v) is 3.66. The van der Waals surface area contributed by atoms with Gasteiger partial charge in [-0.1, -0.05) is 12.1 Å². The maximum absolute atomic E-state index is 13.0. The molecule has 0 radical (unpaired) electrons. The Kier molecular flexibility index (Phi) is 4.41. The van der Waals surface area contributed by atoms with Crippen LogP contribution in [0.3, 0.4) is 0 Å². The molecule has 134 valence electrons. The number of ether oxygens (including phenoxy) is 1. The first-order valence-corrected chi connectivity index (χ1v) is 7.39. The van der Waals surface area contributed by atoms with Crippen LogP contribution in [0.4, 0.5) is 24.5 Å².